The van der Waals surface area contributed by atoms with E-state index in [0.29, 0.717) is 5.57 Å². The molecule has 44 heavy (non-hydrogen) atoms. The summed E-state index contributed by atoms with van der Waals surface area (Å²) in [6.45, 7) is 1.73. The van der Waals surface area contributed by atoms with Gasteiger partial charge in [-0.05, 0) is 55.5 Å². The van der Waals surface area contributed by atoms with Crippen molar-refractivity contribution >= 4 is 40.9 Å². The number of phenolic OH excluding ortho intramolecular Hbond substituents is 1. The van der Waals surface area contributed by atoms with Crippen molar-refractivity contribution in [3.63, 3.8) is 0 Å². The molecule has 224 valence electrons. The Labute approximate surface area is 256 Å². The van der Waals surface area contributed by atoms with Crippen molar-refractivity contribution in [2.24, 2.45) is 29.1 Å². The number of aromatic hydroxyl groups is 1. The predicted octanol–water partition coefficient (Wildman–Crippen LogP) is 5.75. The van der Waals surface area contributed by atoms with Crippen molar-refractivity contribution in [1.29, 1.82) is 0 Å². The molecular formula is C34H27ClF2N2O5. The van der Waals surface area contributed by atoms with Gasteiger partial charge in [0.2, 0.25) is 23.6 Å². The number of nitrogens with zero attached hydrogens (tertiary/aromatic N) is 2. The summed E-state index contributed by atoms with van der Waals surface area (Å²) in [6, 6.07) is 16.7. The van der Waals surface area contributed by atoms with Gasteiger partial charge in [0.1, 0.15) is 5.82 Å². The highest BCUT2D eigenvalue weighted by Gasteiger charge is 2.68. The van der Waals surface area contributed by atoms with Gasteiger partial charge in [0.15, 0.2) is 11.6 Å². The summed E-state index contributed by atoms with van der Waals surface area (Å²) in [5.74, 6) is -8.11. The fraction of sp³-hybridized carbons (Fsp3) is 0.294. The van der Waals surface area contributed by atoms with Crippen LogP contribution in [0.2, 0.25) is 5.02 Å². The molecule has 0 spiro atoms. The first-order chi connectivity index (χ1) is 21.0. The van der Waals surface area contributed by atoms with E-state index in [1.54, 1.807) is 6.92 Å². The monoisotopic (exact) mass is 616 g/mol. The zero-order valence-corrected chi connectivity index (χ0v) is 24.3. The van der Waals surface area contributed by atoms with Crippen LogP contribution in [0.1, 0.15) is 36.8 Å². The topological polar surface area (TPSA) is 95.0 Å². The molecule has 3 aromatic rings. The van der Waals surface area contributed by atoms with Gasteiger partial charge in [0, 0.05) is 11.5 Å². The lowest BCUT2D eigenvalue weighted by molar-refractivity contribution is -0.141. The Bertz CT molecular complexity index is 1800. The Balaban J connectivity index is 1.35. The van der Waals surface area contributed by atoms with E-state index in [9.17, 15) is 33.1 Å². The number of phenols is 1. The second kappa shape index (κ2) is 10.1. The van der Waals surface area contributed by atoms with E-state index in [0.717, 1.165) is 22.6 Å². The third-order valence-corrected chi connectivity index (χ3v) is 10.3. The average molecular weight is 617 g/mol. The molecule has 3 aromatic carbocycles. The standard InChI is InChI=1S/C34H27ClF2N2O5/c1-34-23(31(42)39(33(34)44)18-10-13-25(36)24(35)14-18)15-22-19(28(34)21-8-5-9-26(37)29(21)40)11-12-20-27(22)32(43)38(30(20)41)16-17-6-3-2-4-7-17/h2-11,13-14,20,22-23,27-28,40H,12,15-16H2,1H3. The summed E-state index contributed by atoms with van der Waals surface area (Å²) in [5, 5.41) is 10.7. The highest BCUT2D eigenvalue weighted by molar-refractivity contribution is 6.31. The molecule has 2 aliphatic carbocycles. The molecule has 1 N–H and O–H groups in total. The normalized spacial score (nSPS) is 29.5. The number of carbonyl (C=O) groups is 4. The molecule has 2 heterocycles. The second-order valence-corrected chi connectivity index (χ2v) is 12.6. The van der Waals surface area contributed by atoms with Crippen LogP contribution < -0.4 is 4.90 Å². The molecular weight excluding hydrogens is 590 g/mol. The van der Waals surface area contributed by atoms with E-state index >= 15 is 0 Å². The second-order valence-electron chi connectivity index (χ2n) is 12.2. The molecule has 3 fully saturated rings. The molecule has 7 rings (SSSR count). The number of halogens is 3. The summed E-state index contributed by atoms with van der Waals surface area (Å²) in [4.78, 5) is 58.3. The minimum atomic E-state index is -1.49. The molecule has 0 aromatic heterocycles. The number of para-hydroxylation sites is 1. The fourth-order valence-electron chi connectivity index (χ4n) is 7.98. The van der Waals surface area contributed by atoms with Gasteiger partial charge in [-0.15, -0.1) is 0 Å². The van der Waals surface area contributed by atoms with Crippen LogP contribution in [0, 0.1) is 40.7 Å². The number of carbonyl (C=O) groups excluding carboxylic acids is 4. The van der Waals surface area contributed by atoms with Gasteiger partial charge in [0.25, 0.3) is 0 Å². The van der Waals surface area contributed by atoms with Crippen molar-refractivity contribution in [3.8, 4) is 5.75 Å². The van der Waals surface area contributed by atoms with E-state index in [1.807, 2.05) is 36.4 Å². The van der Waals surface area contributed by atoms with Crippen LogP contribution in [0.4, 0.5) is 14.5 Å². The van der Waals surface area contributed by atoms with Crippen molar-refractivity contribution in [3.05, 3.63) is 106 Å². The highest BCUT2D eigenvalue weighted by Crippen LogP contribution is 2.64. The molecule has 10 heteroatoms. The third-order valence-electron chi connectivity index (χ3n) is 10.0. The number of rotatable bonds is 4. The molecule has 0 bridgehead atoms. The molecule has 1 saturated carbocycles. The lowest BCUT2D eigenvalue weighted by atomic mass is 9.51. The van der Waals surface area contributed by atoms with Crippen LogP contribution in [0.25, 0.3) is 0 Å². The molecule has 2 aliphatic heterocycles. The van der Waals surface area contributed by atoms with Crippen LogP contribution >= 0.6 is 11.6 Å². The molecule has 0 radical (unpaired) electrons. The van der Waals surface area contributed by atoms with Crippen molar-refractivity contribution in [1.82, 2.24) is 4.90 Å². The van der Waals surface area contributed by atoms with E-state index < -0.39 is 64.2 Å². The summed E-state index contributed by atoms with van der Waals surface area (Å²) in [7, 11) is 0. The third kappa shape index (κ3) is 3.91. The molecule has 4 amide bonds. The number of benzene rings is 3. The maximum absolute atomic E-state index is 14.8. The number of allylic oxidation sites excluding steroid dienone is 2. The van der Waals surface area contributed by atoms with Crippen molar-refractivity contribution < 1.29 is 33.1 Å². The highest BCUT2D eigenvalue weighted by atomic mass is 35.5. The predicted molar refractivity (Wildman–Crippen MR) is 156 cm³/mol. The minimum Gasteiger partial charge on any atom is -0.505 e. The lowest BCUT2D eigenvalue weighted by Gasteiger charge is -2.49. The first-order valence-corrected chi connectivity index (χ1v) is 14.8. The summed E-state index contributed by atoms with van der Waals surface area (Å²) in [5.41, 5.74) is 0.122. The lowest BCUT2D eigenvalue weighted by Crippen LogP contribution is -2.48. The van der Waals surface area contributed by atoms with Crippen molar-refractivity contribution in [2.45, 2.75) is 32.2 Å². The van der Waals surface area contributed by atoms with Crippen LogP contribution in [0.15, 0.2) is 78.4 Å². The summed E-state index contributed by atoms with van der Waals surface area (Å²) < 4.78 is 28.8. The molecule has 4 aliphatic rings. The smallest absolute Gasteiger partial charge is 0.241 e. The van der Waals surface area contributed by atoms with Crippen LogP contribution in [-0.2, 0) is 25.7 Å². The Morgan fingerprint density at radius 1 is 0.909 bits per heavy atom. The molecule has 2 saturated heterocycles. The minimum absolute atomic E-state index is 0.0835. The summed E-state index contributed by atoms with van der Waals surface area (Å²) >= 11 is 6.02. The zero-order chi connectivity index (χ0) is 31.1. The maximum Gasteiger partial charge on any atom is 0.241 e. The van der Waals surface area contributed by atoms with E-state index in [-0.39, 0.29) is 47.5 Å². The molecule has 7 nitrogen and oxygen atoms in total. The van der Waals surface area contributed by atoms with Crippen LogP contribution in [0.3, 0.4) is 0 Å². The summed E-state index contributed by atoms with van der Waals surface area (Å²) in [6.07, 6.45) is 2.14. The van der Waals surface area contributed by atoms with Gasteiger partial charge < -0.3 is 5.11 Å². The average Bonchev–Trinajstić information content (AvgIpc) is 3.36. The first-order valence-electron chi connectivity index (χ1n) is 14.4. The number of hydrogen-bond acceptors (Lipinski definition) is 5. The van der Waals surface area contributed by atoms with Gasteiger partial charge in [-0.2, -0.15) is 0 Å². The van der Waals surface area contributed by atoms with Gasteiger partial charge >= 0.3 is 0 Å². The largest absolute Gasteiger partial charge is 0.505 e. The van der Waals surface area contributed by atoms with E-state index in [2.05, 4.69) is 0 Å². The SMILES string of the molecule is CC12C(=O)N(c3ccc(F)c(Cl)c3)C(=O)C1CC1C(=CCC3C(=O)N(Cc4ccccc4)C(=O)C31)C2c1cccc(F)c1O. The van der Waals surface area contributed by atoms with Gasteiger partial charge in [-0.1, -0.05) is 65.7 Å². The Morgan fingerprint density at radius 3 is 2.39 bits per heavy atom. The van der Waals surface area contributed by atoms with Crippen LogP contribution in [0.5, 0.6) is 5.75 Å². The van der Waals surface area contributed by atoms with Gasteiger partial charge in [0.05, 0.1) is 40.4 Å². The first kappa shape index (κ1) is 28.4. The number of imide groups is 2. The number of hydrogen-bond donors (Lipinski definition) is 1. The van der Waals surface area contributed by atoms with E-state index in [1.165, 1.54) is 29.2 Å². The van der Waals surface area contributed by atoms with Gasteiger partial charge in [-0.25, -0.2) is 13.7 Å². The van der Waals surface area contributed by atoms with Crippen LogP contribution in [-0.4, -0.2) is 33.6 Å². The fourth-order valence-corrected chi connectivity index (χ4v) is 8.16. The quantitative estimate of drug-likeness (QED) is 0.297. The number of amides is 4. The number of likely N-dealkylation sites (tertiary alicyclic amines) is 1. The van der Waals surface area contributed by atoms with E-state index in [4.69, 9.17) is 11.6 Å². The number of anilines is 1. The Morgan fingerprint density at radius 2 is 1.66 bits per heavy atom. The Kier molecular flexibility index (Phi) is 6.51. The Hall–Kier alpha value is -4.37. The molecule has 6 atom stereocenters. The molecule has 6 unspecified atom stereocenters. The zero-order valence-electron chi connectivity index (χ0n) is 23.5. The van der Waals surface area contributed by atoms with Gasteiger partial charge in [-0.3, -0.25) is 24.1 Å². The van der Waals surface area contributed by atoms with Crippen molar-refractivity contribution in [2.75, 3.05) is 4.90 Å². The number of fused-ring (bicyclic) bond motifs is 4. The maximum atomic E-state index is 14.8.